The molecule has 0 saturated carbocycles. The summed E-state index contributed by atoms with van der Waals surface area (Å²) in [6, 6.07) is 12.5. The molecule has 2 rings (SSSR count). The normalized spacial score (nSPS) is 9.86. The van der Waals surface area contributed by atoms with Gasteiger partial charge < -0.3 is 15.7 Å². The van der Waals surface area contributed by atoms with Crippen molar-refractivity contribution in [1.82, 2.24) is 0 Å². The summed E-state index contributed by atoms with van der Waals surface area (Å²) in [7, 11) is 0. The third kappa shape index (κ3) is 3.69. The quantitative estimate of drug-likeness (QED) is 0.808. The molecule has 0 heterocycles. The van der Waals surface area contributed by atoms with Crippen molar-refractivity contribution >= 4 is 29.2 Å². The van der Waals surface area contributed by atoms with Crippen molar-refractivity contribution in [2.45, 2.75) is 6.92 Å². The van der Waals surface area contributed by atoms with E-state index in [1.165, 1.54) is 19.1 Å². The molecular formula is C16H14N2O4. The maximum Gasteiger partial charge on any atom is 0.336 e. The highest BCUT2D eigenvalue weighted by Crippen LogP contribution is 2.17. The van der Waals surface area contributed by atoms with Crippen molar-refractivity contribution in [3.63, 3.8) is 0 Å². The van der Waals surface area contributed by atoms with Gasteiger partial charge in [-0.2, -0.15) is 0 Å². The topological polar surface area (TPSA) is 95.5 Å². The number of carbonyl (C=O) groups is 3. The fourth-order valence-corrected chi connectivity index (χ4v) is 1.94. The highest BCUT2D eigenvalue weighted by Gasteiger charge is 2.15. The Kier molecular flexibility index (Phi) is 4.53. The van der Waals surface area contributed by atoms with Gasteiger partial charge in [-0.05, 0) is 30.3 Å². The highest BCUT2D eigenvalue weighted by molar-refractivity contribution is 6.10. The summed E-state index contributed by atoms with van der Waals surface area (Å²) in [5.41, 5.74) is 0.992. The van der Waals surface area contributed by atoms with Crippen LogP contribution in [0.15, 0.2) is 48.5 Å². The summed E-state index contributed by atoms with van der Waals surface area (Å²) < 4.78 is 0. The lowest BCUT2D eigenvalue weighted by molar-refractivity contribution is -0.114. The fourth-order valence-electron chi connectivity index (χ4n) is 1.94. The van der Waals surface area contributed by atoms with E-state index in [9.17, 15) is 14.4 Å². The second-order valence-electron chi connectivity index (χ2n) is 4.57. The molecule has 6 nitrogen and oxygen atoms in total. The summed E-state index contributed by atoms with van der Waals surface area (Å²) >= 11 is 0. The van der Waals surface area contributed by atoms with Crippen molar-refractivity contribution in [2.24, 2.45) is 0 Å². The summed E-state index contributed by atoms with van der Waals surface area (Å²) in [5.74, 6) is -1.92. The zero-order valence-electron chi connectivity index (χ0n) is 11.8. The molecule has 0 radical (unpaired) electrons. The van der Waals surface area contributed by atoms with E-state index in [4.69, 9.17) is 5.11 Å². The van der Waals surface area contributed by atoms with Crippen molar-refractivity contribution < 1.29 is 19.5 Å². The van der Waals surface area contributed by atoms with Gasteiger partial charge in [-0.25, -0.2) is 4.79 Å². The second kappa shape index (κ2) is 6.53. The number of amides is 2. The minimum Gasteiger partial charge on any atom is -0.478 e. The van der Waals surface area contributed by atoms with Crippen LogP contribution in [-0.4, -0.2) is 22.9 Å². The Labute approximate surface area is 126 Å². The first kappa shape index (κ1) is 15.2. The Morgan fingerprint density at radius 1 is 0.864 bits per heavy atom. The van der Waals surface area contributed by atoms with Gasteiger partial charge in [0.05, 0.1) is 11.1 Å². The Morgan fingerprint density at radius 2 is 1.45 bits per heavy atom. The molecule has 0 aromatic heterocycles. The van der Waals surface area contributed by atoms with E-state index in [0.29, 0.717) is 11.4 Å². The van der Waals surface area contributed by atoms with Gasteiger partial charge in [0.1, 0.15) is 0 Å². The number of carbonyl (C=O) groups excluding carboxylic acids is 2. The van der Waals surface area contributed by atoms with E-state index in [1.54, 1.807) is 36.4 Å². The molecule has 0 atom stereocenters. The number of anilines is 2. The minimum atomic E-state index is -1.17. The Balaban J connectivity index is 2.22. The van der Waals surface area contributed by atoms with Crippen LogP contribution < -0.4 is 10.6 Å². The van der Waals surface area contributed by atoms with Gasteiger partial charge in [0, 0.05) is 18.3 Å². The lowest BCUT2D eigenvalue weighted by Crippen LogP contribution is -2.16. The number of carboxylic acid groups (broad SMARTS) is 1. The molecule has 0 bridgehead atoms. The molecule has 0 unspecified atom stereocenters. The minimum absolute atomic E-state index is 0.0694. The third-order valence-electron chi connectivity index (χ3n) is 2.84. The lowest BCUT2D eigenvalue weighted by Gasteiger charge is -2.09. The highest BCUT2D eigenvalue weighted by atomic mass is 16.4. The summed E-state index contributed by atoms with van der Waals surface area (Å²) in [6.45, 7) is 1.38. The molecule has 112 valence electrons. The zero-order valence-corrected chi connectivity index (χ0v) is 11.8. The smallest absolute Gasteiger partial charge is 0.336 e. The summed E-state index contributed by atoms with van der Waals surface area (Å²) in [6.07, 6.45) is 0. The van der Waals surface area contributed by atoms with Crippen LogP contribution in [0, 0.1) is 0 Å². The average molecular weight is 298 g/mol. The second-order valence-corrected chi connectivity index (χ2v) is 4.57. The molecule has 2 amide bonds. The molecule has 2 aromatic rings. The molecule has 0 aliphatic heterocycles. The lowest BCUT2D eigenvalue weighted by atomic mass is 10.1. The number of nitrogens with one attached hydrogen (secondary N) is 2. The monoisotopic (exact) mass is 298 g/mol. The van der Waals surface area contributed by atoms with Gasteiger partial charge in [0.25, 0.3) is 5.91 Å². The van der Waals surface area contributed by atoms with E-state index >= 15 is 0 Å². The first-order valence-corrected chi connectivity index (χ1v) is 6.48. The SMILES string of the molecule is CC(=O)Nc1cccc(NC(=O)c2ccccc2C(=O)O)c1. The van der Waals surface area contributed by atoms with Crippen LogP contribution in [0.2, 0.25) is 0 Å². The van der Waals surface area contributed by atoms with Crippen molar-refractivity contribution in [3.05, 3.63) is 59.7 Å². The Bertz CT molecular complexity index is 740. The molecular weight excluding hydrogens is 284 g/mol. The van der Waals surface area contributed by atoms with Crippen LogP contribution in [0.25, 0.3) is 0 Å². The van der Waals surface area contributed by atoms with Crippen LogP contribution in [0.1, 0.15) is 27.6 Å². The average Bonchev–Trinajstić information content (AvgIpc) is 2.46. The van der Waals surface area contributed by atoms with Crippen molar-refractivity contribution in [3.8, 4) is 0 Å². The zero-order chi connectivity index (χ0) is 16.1. The van der Waals surface area contributed by atoms with Gasteiger partial charge in [-0.1, -0.05) is 18.2 Å². The number of hydrogen-bond acceptors (Lipinski definition) is 3. The molecule has 0 spiro atoms. The molecule has 0 saturated heterocycles. The molecule has 3 N–H and O–H groups in total. The van der Waals surface area contributed by atoms with Crippen LogP contribution in [0.5, 0.6) is 0 Å². The number of aromatic carboxylic acids is 1. The molecule has 0 fully saturated rings. The molecule has 2 aromatic carbocycles. The number of rotatable bonds is 4. The van der Waals surface area contributed by atoms with Crippen LogP contribution in [0.4, 0.5) is 11.4 Å². The number of hydrogen-bond donors (Lipinski definition) is 3. The predicted octanol–water partition coefficient (Wildman–Crippen LogP) is 2.60. The standard InChI is InChI=1S/C16H14N2O4/c1-10(19)17-11-5-4-6-12(9-11)18-15(20)13-7-2-3-8-14(13)16(21)22/h2-9H,1H3,(H,17,19)(H,18,20)(H,21,22). The first-order chi connectivity index (χ1) is 10.5. The van der Waals surface area contributed by atoms with Crippen LogP contribution in [0.3, 0.4) is 0 Å². The van der Waals surface area contributed by atoms with Gasteiger partial charge in [0.15, 0.2) is 0 Å². The number of benzene rings is 2. The first-order valence-electron chi connectivity index (χ1n) is 6.48. The van der Waals surface area contributed by atoms with Gasteiger partial charge >= 0.3 is 5.97 Å². The predicted molar refractivity (Wildman–Crippen MR) is 82.1 cm³/mol. The van der Waals surface area contributed by atoms with E-state index in [1.807, 2.05) is 0 Å². The van der Waals surface area contributed by atoms with E-state index in [-0.39, 0.29) is 17.0 Å². The molecule has 6 heteroatoms. The maximum absolute atomic E-state index is 12.2. The van der Waals surface area contributed by atoms with Gasteiger partial charge in [-0.3, -0.25) is 9.59 Å². The van der Waals surface area contributed by atoms with E-state index in [0.717, 1.165) is 0 Å². The molecule has 22 heavy (non-hydrogen) atoms. The summed E-state index contributed by atoms with van der Waals surface area (Å²) in [4.78, 5) is 34.4. The Hall–Kier alpha value is -3.15. The fraction of sp³-hybridized carbons (Fsp3) is 0.0625. The maximum atomic E-state index is 12.2. The Morgan fingerprint density at radius 3 is 2.05 bits per heavy atom. The molecule has 0 aliphatic carbocycles. The van der Waals surface area contributed by atoms with E-state index in [2.05, 4.69) is 10.6 Å². The van der Waals surface area contributed by atoms with Gasteiger partial charge in [-0.15, -0.1) is 0 Å². The molecule has 0 aliphatic rings. The number of carboxylic acids is 1. The van der Waals surface area contributed by atoms with Crippen molar-refractivity contribution in [1.29, 1.82) is 0 Å². The summed E-state index contributed by atoms with van der Waals surface area (Å²) in [5, 5.41) is 14.3. The van der Waals surface area contributed by atoms with Crippen LogP contribution >= 0.6 is 0 Å². The third-order valence-corrected chi connectivity index (χ3v) is 2.84. The van der Waals surface area contributed by atoms with E-state index < -0.39 is 11.9 Å². The van der Waals surface area contributed by atoms with Gasteiger partial charge in [0.2, 0.25) is 5.91 Å². The van der Waals surface area contributed by atoms with Crippen LogP contribution in [-0.2, 0) is 4.79 Å². The van der Waals surface area contributed by atoms with Crippen molar-refractivity contribution in [2.75, 3.05) is 10.6 Å². The largest absolute Gasteiger partial charge is 0.478 e.